The maximum Gasteiger partial charge on any atom is 0.212 e. The minimum Gasteiger partial charge on any atom is -0.353 e. The van der Waals surface area contributed by atoms with Gasteiger partial charge in [0.05, 0.1) is 18.3 Å². The molecule has 0 bridgehead atoms. The zero-order chi connectivity index (χ0) is 11.0. The molecule has 0 fully saturated rings. The lowest BCUT2D eigenvalue weighted by molar-refractivity contribution is 0.831. The van der Waals surface area contributed by atoms with Crippen LogP contribution in [0.2, 0.25) is 0 Å². The normalized spacial score (nSPS) is 14.1. The fourth-order valence-electron chi connectivity index (χ4n) is 1.79. The van der Waals surface area contributed by atoms with Gasteiger partial charge in [0.15, 0.2) is 0 Å². The van der Waals surface area contributed by atoms with Gasteiger partial charge in [-0.3, -0.25) is 0 Å². The summed E-state index contributed by atoms with van der Waals surface area (Å²) in [5, 5.41) is 8.56. The average Bonchev–Trinajstić information content (AvgIpc) is 2.90. The summed E-state index contributed by atoms with van der Waals surface area (Å²) in [6.45, 7) is 3.78. The molecule has 5 nitrogen and oxygen atoms in total. The molecule has 0 aliphatic carbocycles. The van der Waals surface area contributed by atoms with Crippen molar-refractivity contribution in [3.63, 3.8) is 0 Å². The van der Waals surface area contributed by atoms with Gasteiger partial charge in [-0.05, 0) is 18.6 Å². The lowest BCUT2D eigenvalue weighted by Crippen LogP contribution is -2.32. The summed E-state index contributed by atoms with van der Waals surface area (Å²) in [6, 6.07) is 6.25. The van der Waals surface area contributed by atoms with Gasteiger partial charge in [0, 0.05) is 11.9 Å². The van der Waals surface area contributed by atoms with Gasteiger partial charge in [0.1, 0.15) is 0 Å². The Morgan fingerprint density at radius 3 is 3.06 bits per heavy atom. The minimum atomic E-state index is 0. The molecule has 0 atom stereocenters. The number of guanidine groups is 1. The van der Waals surface area contributed by atoms with Crippen molar-refractivity contribution >= 4 is 29.3 Å². The Bertz CT molecular complexity index is 560. The number of aromatic nitrogens is 2. The number of rotatable bonds is 1. The van der Waals surface area contributed by atoms with Crippen LogP contribution in [0.1, 0.15) is 5.56 Å². The fourth-order valence-corrected chi connectivity index (χ4v) is 1.79. The Kier molecular flexibility index (Phi) is 3.19. The summed E-state index contributed by atoms with van der Waals surface area (Å²) in [4.78, 5) is 6.02. The van der Waals surface area contributed by atoms with Crippen LogP contribution in [0, 0.1) is 6.92 Å². The van der Waals surface area contributed by atoms with Crippen molar-refractivity contribution in [2.24, 2.45) is 4.99 Å². The van der Waals surface area contributed by atoms with Crippen molar-refractivity contribution in [1.82, 2.24) is 15.2 Å². The molecule has 2 N–H and O–H groups in total. The molecule has 90 valence electrons. The molecule has 0 amide bonds. The zero-order valence-electron chi connectivity index (χ0n) is 9.47. The zero-order valence-corrected chi connectivity index (χ0v) is 10.3. The van der Waals surface area contributed by atoms with E-state index in [4.69, 9.17) is 0 Å². The van der Waals surface area contributed by atoms with Gasteiger partial charge in [-0.1, -0.05) is 12.1 Å². The highest BCUT2D eigenvalue weighted by Crippen LogP contribution is 2.14. The third-order valence-electron chi connectivity index (χ3n) is 2.61. The van der Waals surface area contributed by atoms with Gasteiger partial charge < -0.3 is 5.32 Å². The molecule has 0 saturated heterocycles. The SMILES string of the molecule is Cc1ccc2cnn(NC3=NCCN3)c2c1.Cl. The van der Waals surface area contributed by atoms with Gasteiger partial charge in [0.2, 0.25) is 5.96 Å². The second-order valence-electron chi connectivity index (χ2n) is 3.89. The van der Waals surface area contributed by atoms with Gasteiger partial charge in [-0.25, -0.2) is 10.4 Å². The highest BCUT2D eigenvalue weighted by atomic mass is 35.5. The van der Waals surface area contributed by atoms with Crippen molar-refractivity contribution in [2.75, 3.05) is 18.5 Å². The molecule has 2 aromatic rings. The molecule has 0 unspecified atom stereocenters. The van der Waals surface area contributed by atoms with Crippen molar-refractivity contribution in [3.8, 4) is 0 Å². The minimum absolute atomic E-state index is 0. The fraction of sp³-hybridized carbons (Fsp3) is 0.273. The van der Waals surface area contributed by atoms with Crippen molar-refractivity contribution in [3.05, 3.63) is 30.0 Å². The number of aryl methyl sites for hydroxylation is 1. The number of benzene rings is 1. The highest BCUT2D eigenvalue weighted by Gasteiger charge is 2.07. The number of hydrogen-bond acceptors (Lipinski definition) is 4. The molecule has 2 heterocycles. The summed E-state index contributed by atoms with van der Waals surface area (Å²) < 4.78 is 0. The summed E-state index contributed by atoms with van der Waals surface area (Å²) >= 11 is 0. The monoisotopic (exact) mass is 251 g/mol. The molecule has 0 spiro atoms. The summed E-state index contributed by atoms with van der Waals surface area (Å²) in [6.07, 6.45) is 1.84. The predicted octanol–water partition coefficient (Wildman–Crippen LogP) is 1.27. The van der Waals surface area contributed by atoms with E-state index >= 15 is 0 Å². The first-order valence-electron chi connectivity index (χ1n) is 5.33. The molecule has 6 heteroatoms. The van der Waals surface area contributed by atoms with Crippen LogP contribution in [-0.4, -0.2) is 28.9 Å². The summed E-state index contributed by atoms with van der Waals surface area (Å²) in [5.74, 6) is 0.784. The van der Waals surface area contributed by atoms with E-state index in [1.165, 1.54) is 5.56 Å². The number of aliphatic imine (C=N–C) groups is 1. The Morgan fingerprint density at radius 1 is 1.41 bits per heavy atom. The first kappa shape index (κ1) is 11.7. The van der Waals surface area contributed by atoms with Gasteiger partial charge >= 0.3 is 0 Å². The van der Waals surface area contributed by atoms with Crippen LogP contribution in [0.3, 0.4) is 0 Å². The maximum absolute atomic E-state index is 4.28. The number of nitrogens with zero attached hydrogens (tertiary/aromatic N) is 3. The number of fused-ring (bicyclic) bond motifs is 1. The van der Waals surface area contributed by atoms with E-state index < -0.39 is 0 Å². The van der Waals surface area contributed by atoms with Crippen LogP contribution in [0.5, 0.6) is 0 Å². The van der Waals surface area contributed by atoms with E-state index in [1.54, 1.807) is 4.79 Å². The largest absolute Gasteiger partial charge is 0.353 e. The molecule has 0 saturated carbocycles. The van der Waals surface area contributed by atoms with Crippen LogP contribution >= 0.6 is 12.4 Å². The third kappa shape index (κ3) is 2.19. The lowest BCUT2D eigenvalue weighted by atomic mass is 10.2. The van der Waals surface area contributed by atoms with E-state index in [1.807, 2.05) is 6.20 Å². The summed E-state index contributed by atoms with van der Waals surface area (Å²) in [5.41, 5.74) is 5.42. The molecule has 1 aromatic carbocycles. The quantitative estimate of drug-likeness (QED) is 0.803. The van der Waals surface area contributed by atoms with E-state index in [0.29, 0.717) is 0 Å². The Morgan fingerprint density at radius 2 is 2.29 bits per heavy atom. The average molecular weight is 252 g/mol. The second-order valence-corrected chi connectivity index (χ2v) is 3.89. The number of nitrogens with one attached hydrogen (secondary N) is 2. The van der Waals surface area contributed by atoms with Gasteiger partial charge in [0.25, 0.3) is 0 Å². The topological polar surface area (TPSA) is 54.2 Å². The third-order valence-corrected chi connectivity index (χ3v) is 2.61. The molecular weight excluding hydrogens is 238 g/mol. The van der Waals surface area contributed by atoms with Crippen LogP contribution in [0.15, 0.2) is 29.4 Å². The van der Waals surface area contributed by atoms with Crippen LogP contribution in [0.4, 0.5) is 0 Å². The molecule has 3 rings (SSSR count). The Labute approximate surface area is 105 Å². The molecule has 1 aromatic heterocycles. The lowest BCUT2D eigenvalue weighted by Gasteiger charge is -2.07. The predicted molar refractivity (Wildman–Crippen MR) is 71.4 cm³/mol. The Hall–Kier alpha value is -1.75. The van der Waals surface area contributed by atoms with E-state index in [0.717, 1.165) is 30.0 Å². The standard InChI is InChI=1S/C11H13N5.ClH/c1-8-2-3-9-7-14-16(10(9)6-8)15-11-12-4-5-13-11;/h2-3,6-7H,4-5H2,1H3,(H2,12,13,15);1H. The molecule has 17 heavy (non-hydrogen) atoms. The molecular formula is C11H14ClN5. The Balaban J connectivity index is 0.00000108. The maximum atomic E-state index is 4.28. The van der Waals surface area contributed by atoms with Crippen LogP contribution in [0.25, 0.3) is 10.9 Å². The number of halogens is 1. The molecule has 1 aliphatic heterocycles. The van der Waals surface area contributed by atoms with Crippen molar-refractivity contribution in [1.29, 1.82) is 0 Å². The van der Waals surface area contributed by atoms with E-state index in [2.05, 4.69) is 46.0 Å². The summed E-state index contributed by atoms with van der Waals surface area (Å²) in [7, 11) is 0. The van der Waals surface area contributed by atoms with Crippen molar-refractivity contribution in [2.45, 2.75) is 6.92 Å². The second kappa shape index (κ2) is 4.63. The first-order chi connectivity index (χ1) is 7.83. The molecule has 1 aliphatic rings. The van der Waals surface area contributed by atoms with Crippen LogP contribution in [-0.2, 0) is 0 Å². The number of hydrogen-bond donors (Lipinski definition) is 2. The first-order valence-corrected chi connectivity index (χ1v) is 5.33. The van der Waals surface area contributed by atoms with Crippen LogP contribution < -0.4 is 10.7 Å². The smallest absolute Gasteiger partial charge is 0.212 e. The van der Waals surface area contributed by atoms with Gasteiger partial charge in [-0.15, -0.1) is 12.4 Å². The van der Waals surface area contributed by atoms with Gasteiger partial charge in [-0.2, -0.15) is 9.89 Å². The van der Waals surface area contributed by atoms with E-state index in [-0.39, 0.29) is 12.4 Å². The highest BCUT2D eigenvalue weighted by molar-refractivity contribution is 5.90. The van der Waals surface area contributed by atoms with Crippen molar-refractivity contribution < 1.29 is 0 Å². The van der Waals surface area contributed by atoms with E-state index in [9.17, 15) is 0 Å². The molecule has 0 radical (unpaired) electrons.